The van der Waals surface area contributed by atoms with Crippen LogP contribution in [-0.4, -0.2) is 100 Å². The van der Waals surface area contributed by atoms with Gasteiger partial charge in [-0.2, -0.15) is 5.10 Å². The van der Waals surface area contributed by atoms with E-state index in [0.717, 1.165) is 90.2 Å². The Morgan fingerprint density at radius 1 is 0.680 bits per heavy atom. The molecule has 1 aliphatic heterocycles. The number of rotatable bonds is 4. The average molecular weight is 352 g/mol. The van der Waals surface area contributed by atoms with Gasteiger partial charge in [0.2, 0.25) is 0 Å². The second-order valence-corrected chi connectivity index (χ2v) is 6.80. The van der Waals surface area contributed by atoms with Crippen molar-refractivity contribution in [3.8, 4) is 0 Å². The Labute approximate surface area is 153 Å². The van der Waals surface area contributed by atoms with Gasteiger partial charge in [0.25, 0.3) is 0 Å². The minimum absolute atomic E-state index is 0.831. The van der Waals surface area contributed by atoms with Crippen molar-refractivity contribution in [1.82, 2.24) is 34.8 Å². The predicted molar refractivity (Wildman–Crippen MR) is 103 cm³/mol. The number of aromatic nitrogens is 3. The van der Waals surface area contributed by atoms with Gasteiger partial charge in [-0.3, -0.25) is 14.9 Å². The topological polar surface area (TPSA) is 54.5 Å². The molecular formula is C18H37N7. The average Bonchev–Trinajstić information content (AvgIpc) is 3.07. The smallest absolute Gasteiger partial charge is 0.164 e. The van der Waals surface area contributed by atoms with E-state index in [1.807, 2.05) is 0 Å². The number of fused-ring (bicyclic) bond motifs is 2. The predicted octanol–water partition coefficient (Wildman–Crippen LogP) is 1.11. The third-order valence-electron chi connectivity index (χ3n) is 5.30. The van der Waals surface area contributed by atoms with E-state index < -0.39 is 0 Å². The molecule has 0 aliphatic carbocycles. The highest BCUT2D eigenvalue weighted by molar-refractivity contribution is 4.91. The Morgan fingerprint density at radius 2 is 1.12 bits per heavy atom. The molecule has 0 aromatic carbocycles. The lowest BCUT2D eigenvalue weighted by atomic mass is 10.3. The molecule has 0 spiro atoms. The number of nitrogens with one attached hydrogen (secondary N) is 1. The van der Waals surface area contributed by atoms with Crippen LogP contribution in [0, 0.1) is 0 Å². The van der Waals surface area contributed by atoms with E-state index in [2.05, 4.69) is 57.5 Å². The van der Waals surface area contributed by atoms with Gasteiger partial charge in [0, 0.05) is 39.3 Å². The van der Waals surface area contributed by atoms with E-state index >= 15 is 0 Å². The summed E-state index contributed by atoms with van der Waals surface area (Å²) in [6, 6.07) is 0. The lowest BCUT2D eigenvalue weighted by molar-refractivity contribution is 0.167. The largest absolute Gasteiger partial charge is 0.301 e. The van der Waals surface area contributed by atoms with Gasteiger partial charge in [-0.05, 0) is 26.2 Å². The molecule has 2 heterocycles. The molecule has 0 unspecified atom stereocenters. The standard InChI is InChI=1S/C18H37N7/c1-5-22-9-10-23(6-2)12-14-25(8-4)16-18-19-17(20-21-18)15-24(7-3)13-11-22/h5-16H2,1-4H3,(H,19,20,21). The maximum absolute atomic E-state index is 4.72. The molecule has 1 N–H and O–H groups in total. The van der Waals surface area contributed by atoms with E-state index in [4.69, 9.17) is 4.98 Å². The third-order valence-corrected chi connectivity index (χ3v) is 5.30. The summed E-state index contributed by atoms with van der Waals surface area (Å²) in [6.45, 7) is 21.6. The first-order chi connectivity index (χ1) is 12.2. The normalized spacial score (nSPS) is 21.1. The Morgan fingerprint density at radius 3 is 1.60 bits per heavy atom. The first kappa shape index (κ1) is 20.3. The van der Waals surface area contributed by atoms with Gasteiger partial charge in [-0.1, -0.05) is 27.7 Å². The van der Waals surface area contributed by atoms with Crippen molar-refractivity contribution in [2.24, 2.45) is 0 Å². The fraction of sp³-hybridized carbons (Fsp3) is 0.889. The molecule has 1 aromatic rings. The second kappa shape index (κ2) is 10.9. The van der Waals surface area contributed by atoms with E-state index in [0.29, 0.717) is 0 Å². The summed E-state index contributed by atoms with van der Waals surface area (Å²) >= 11 is 0. The molecule has 0 saturated carbocycles. The van der Waals surface area contributed by atoms with Crippen LogP contribution in [0.4, 0.5) is 0 Å². The zero-order chi connectivity index (χ0) is 18.1. The number of aromatic amines is 1. The van der Waals surface area contributed by atoms with E-state index in [1.54, 1.807) is 0 Å². The van der Waals surface area contributed by atoms with Gasteiger partial charge in [0.1, 0.15) is 5.82 Å². The van der Waals surface area contributed by atoms with Crippen LogP contribution in [0.2, 0.25) is 0 Å². The monoisotopic (exact) mass is 351 g/mol. The Bertz CT molecular complexity index is 435. The summed E-state index contributed by atoms with van der Waals surface area (Å²) in [5.41, 5.74) is 0. The highest BCUT2D eigenvalue weighted by atomic mass is 15.3. The molecule has 2 bridgehead atoms. The molecule has 0 fully saturated rings. The van der Waals surface area contributed by atoms with Gasteiger partial charge < -0.3 is 9.80 Å². The van der Waals surface area contributed by atoms with E-state index in [1.165, 1.54) is 0 Å². The first-order valence-corrected chi connectivity index (χ1v) is 9.97. The molecule has 7 nitrogen and oxygen atoms in total. The number of nitrogens with zero attached hydrogens (tertiary/aromatic N) is 6. The molecule has 2 rings (SSSR count). The molecule has 0 radical (unpaired) electrons. The maximum atomic E-state index is 4.72. The van der Waals surface area contributed by atoms with Crippen LogP contribution < -0.4 is 0 Å². The molecule has 0 amide bonds. The highest BCUT2D eigenvalue weighted by Crippen LogP contribution is 2.05. The van der Waals surface area contributed by atoms with Crippen molar-refractivity contribution in [1.29, 1.82) is 0 Å². The Balaban J connectivity index is 2.10. The Kier molecular flexibility index (Phi) is 8.81. The summed E-state index contributed by atoms with van der Waals surface area (Å²) in [5.74, 6) is 1.90. The van der Waals surface area contributed by atoms with Gasteiger partial charge >= 0.3 is 0 Å². The van der Waals surface area contributed by atoms with Crippen LogP contribution in [0.1, 0.15) is 39.3 Å². The van der Waals surface area contributed by atoms with Crippen molar-refractivity contribution in [2.75, 3.05) is 65.4 Å². The molecule has 0 atom stereocenters. The number of likely N-dealkylation sites (N-methyl/N-ethyl adjacent to an activating group) is 4. The van der Waals surface area contributed by atoms with Crippen molar-refractivity contribution >= 4 is 0 Å². The molecule has 0 saturated heterocycles. The lowest BCUT2D eigenvalue weighted by Gasteiger charge is -2.29. The first-order valence-electron chi connectivity index (χ1n) is 9.97. The molecule has 7 heteroatoms. The Hall–Kier alpha value is -1.02. The highest BCUT2D eigenvalue weighted by Gasteiger charge is 2.15. The van der Waals surface area contributed by atoms with Gasteiger partial charge in [0.05, 0.1) is 13.1 Å². The summed E-state index contributed by atoms with van der Waals surface area (Å²) in [5, 5.41) is 7.57. The van der Waals surface area contributed by atoms with Crippen molar-refractivity contribution in [3.05, 3.63) is 11.6 Å². The van der Waals surface area contributed by atoms with Crippen molar-refractivity contribution < 1.29 is 0 Å². The minimum atomic E-state index is 0.831. The lowest BCUT2D eigenvalue weighted by Crippen LogP contribution is -2.41. The van der Waals surface area contributed by atoms with E-state index in [9.17, 15) is 0 Å². The maximum Gasteiger partial charge on any atom is 0.164 e. The quantitative estimate of drug-likeness (QED) is 0.877. The number of hydrogen-bond donors (Lipinski definition) is 1. The summed E-state index contributed by atoms with van der Waals surface area (Å²) in [4.78, 5) is 14.7. The zero-order valence-electron chi connectivity index (χ0n) is 16.7. The van der Waals surface area contributed by atoms with Crippen LogP contribution in [-0.2, 0) is 13.1 Å². The number of H-pyrrole nitrogens is 1. The van der Waals surface area contributed by atoms with Crippen LogP contribution in [0.5, 0.6) is 0 Å². The number of hydrogen-bond acceptors (Lipinski definition) is 6. The molecule has 1 aliphatic rings. The van der Waals surface area contributed by atoms with Gasteiger partial charge in [-0.15, -0.1) is 0 Å². The SMILES string of the molecule is CCN1CCN(CC)CCN(CC)Cc2nc(n[nH]2)CN(CC)CC1. The fourth-order valence-electron chi connectivity index (χ4n) is 3.29. The third kappa shape index (κ3) is 6.66. The molecule has 25 heavy (non-hydrogen) atoms. The van der Waals surface area contributed by atoms with Crippen LogP contribution in [0.3, 0.4) is 0 Å². The van der Waals surface area contributed by atoms with Crippen LogP contribution >= 0.6 is 0 Å². The van der Waals surface area contributed by atoms with E-state index in [-0.39, 0.29) is 0 Å². The van der Waals surface area contributed by atoms with Crippen molar-refractivity contribution in [2.45, 2.75) is 40.8 Å². The summed E-state index contributed by atoms with van der Waals surface area (Å²) in [6.07, 6.45) is 0. The van der Waals surface area contributed by atoms with Gasteiger partial charge in [0.15, 0.2) is 5.82 Å². The van der Waals surface area contributed by atoms with Crippen molar-refractivity contribution in [3.63, 3.8) is 0 Å². The minimum Gasteiger partial charge on any atom is -0.301 e. The summed E-state index contributed by atoms with van der Waals surface area (Å²) < 4.78 is 0. The van der Waals surface area contributed by atoms with Crippen LogP contribution in [0.25, 0.3) is 0 Å². The second-order valence-electron chi connectivity index (χ2n) is 6.80. The molecule has 144 valence electrons. The molecule has 1 aromatic heterocycles. The zero-order valence-corrected chi connectivity index (χ0v) is 16.7. The summed E-state index contributed by atoms with van der Waals surface area (Å²) in [7, 11) is 0. The van der Waals surface area contributed by atoms with Crippen LogP contribution in [0.15, 0.2) is 0 Å². The fourth-order valence-corrected chi connectivity index (χ4v) is 3.29. The van der Waals surface area contributed by atoms with Gasteiger partial charge in [-0.25, -0.2) is 4.98 Å². The molecular weight excluding hydrogens is 314 g/mol.